The van der Waals surface area contributed by atoms with E-state index in [9.17, 15) is 9.59 Å². The molecule has 0 saturated heterocycles. The van der Waals surface area contributed by atoms with Crippen molar-refractivity contribution in [3.05, 3.63) is 94.5 Å². The second-order valence-electron chi connectivity index (χ2n) is 9.53. The van der Waals surface area contributed by atoms with Gasteiger partial charge in [0.05, 0.1) is 19.3 Å². The molecule has 2 aromatic heterocycles. The summed E-state index contributed by atoms with van der Waals surface area (Å²) in [6, 6.07) is 21.4. The third kappa shape index (κ3) is 4.74. The molecule has 1 aliphatic rings. The fourth-order valence-corrected chi connectivity index (χ4v) is 5.00. The first kappa shape index (κ1) is 23.0. The SMILES string of the molecule is COc1cccc(Cn2c(C(=O)NC3CCC(C)CC3)cn3c(-c4ccccc4)ccc3c2=O)c1. The van der Waals surface area contributed by atoms with E-state index in [1.54, 1.807) is 17.9 Å². The van der Waals surface area contributed by atoms with Crippen molar-refractivity contribution in [2.24, 2.45) is 5.92 Å². The number of amides is 1. The van der Waals surface area contributed by atoms with E-state index < -0.39 is 0 Å². The summed E-state index contributed by atoms with van der Waals surface area (Å²) in [5.74, 6) is 1.20. The van der Waals surface area contributed by atoms with Crippen LogP contribution in [-0.4, -0.2) is 28.0 Å². The van der Waals surface area contributed by atoms with Gasteiger partial charge in [0, 0.05) is 12.2 Å². The van der Waals surface area contributed by atoms with Gasteiger partial charge >= 0.3 is 0 Å². The Morgan fingerprint density at radius 3 is 2.51 bits per heavy atom. The van der Waals surface area contributed by atoms with Crippen molar-refractivity contribution >= 4 is 11.4 Å². The minimum Gasteiger partial charge on any atom is -0.497 e. The molecule has 0 bridgehead atoms. The molecule has 6 nitrogen and oxygen atoms in total. The normalized spacial score (nSPS) is 17.9. The van der Waals surface area contributed by atoms with Crippen LogP contribution in [0.5, 0.6) is 5.75 Å². The Morgan fingerprint density at radius 2 is 1.77 bits per heavy atom. The predicted molar refractivity (Wildman–Crippen MR) is 138 cm³/mol. The van der Waals surface area contributed by atoms with Crippen LogP contribution >= 0.6 is 0 Å². The topological polar surface area (TPSA) is 64.7 Å². The van der Waals surface area contributed by atoms with E-state index in [0.29, 0.717) is 22.9 Å². The maximum Gasteiger partial charge on any atom is 0.275 e. The Hall–Kier alpha value is -3.80. The van der Waals surface area contributed by atoms with Crippen LogP contribution in [-0.2, 0) is 6.54 Å². The molecule has 0 spiro atoms. The standard InChI is InChI=1S/C29H31N3O3/c1-20-11-13-23(14-12-20)30-28(33)27-19-31-25(22-8-4-3-5-9-22)15-16-26(31)29(34)32(27)18-21-7-6-10-24(17-21)35-2/h3-10,15-17,19-20,23H,11-14,18H2,1-2H3,(H,30,33). The summed E-state index contributed by atoms with van der Waals surface area (Å²) < 4.78 is 8.79. The van der Waals surface area contributed by atoms with Crippen LogP contribution in [0.2, 0.25) is 0 Å². The van der Waals surface area contributed by atoms with Crippen molar-refractivity contribution in [1.82, 2.24) is 14.3 Å². The quantitative estimate of drug-likeness (QED) is 0.426. The molecule has 1 amide bonds. The third-order valence-corrected chi connectivity index (χ3v) is 7.05. The van der Waals surface area contributed by atoms with E-state index in [1.807, 2.05) is 71.1 Å². The predicted octanol–water partition coefficient (Wildman–Crippen LogP) is 5.13. The summed E-state index contributed by atoms with van der Waals surface area (Å²) in [6.45, 7) is 2.54. The molecule has 1 saturated carbocycles. The minimum atomic E-state index is -0.209. The number of hydrogen-bond acceptors (Lipinski definition) is 3. The van der Waals surface area contributed by atoms with Gasteiger partial charge in [-0.05, 0) is 67.0 Å². The molecule has 0 radical (unpaired) electrons. The van der Waals surface area contributed by atoms with Crippen LogP contribution in [0.25, 0.3) is 16.8 Å². The second-order valence-corrected chi connectivity index (χ2v) is 9.53. The number of methoxy groups -OCH3 is 1. The number of nitrogens with one attached hydrogen (secondary N) is 1. The lowest BCUT2D eigenvalue weighted by Gasteiger charge is -2.27. The van der Waals surface area contributed by atoms with Gasteiger partial charge in [0.15, 0.2) is 0 Å². The van der Waals surface area contributed by atoms with E-state index in [2.05, 4.69) is 12.2 Å². The first-order chi connectivity index (χ1) is 17.0. The van der Waals surface area contributed by atoms with E-state index in [4.69, 9.17) is 4.74 Å². The van der Waals surface area contributed by atoms with Crippen molar-refractivity contribution in [2.75, 3.05) is 7.11 Å². The molecule has 1 aliphatic carbocycles. The fraction of sp³-hybridized carbons (Fsp3) is 0.310. The number of ether oxygens (including phenoxy) is 1. The number of fused-ring (bicyclic) bond motifs is 1. The first-order valence-electron chi connectivity index (χ1n) is 12.3. The van der Waals surface area contributed by atoms with Gasteiger partial charge in [-0.15, -0.1) is 0 Å². The molecule has 6 heteroatoms. The lowest BCUT2D eigenvalue weighted by Crippen LogP contribution is -2.40. The first-order valence-corrected chi connectivity index (χ1v) is 12.3. The summed E-state index contributed by atoms with van der Waals surface area (Å²) in [6.07, 6.45) is 5.95. The van der Waals surface area contributed by atoms with Gasteiger partial charge in [-0.3, -0.25) is 14.2 Å². The maximum atomic E-state index is 13.7. The molecular weight excluding hydrogens is 438 g/mol. The smallest absolute Gasteiger partial charge is 0.275 e. The number of hydrogen-bond donors (Lipinski definition) is 1. The Labute approximate surface area is 205 Å². The van der Waals surface area contributed by atoms with Gasteiger partial charge in [0.1, 0.15) is 17.0 Å². The van der Waals surface area contributed by atoms with Crippen LogP contribution in [0.4, 0.5) is 0 Å². The summed E-state index contributed by atoms with van der Waals surface area (Å²) in [7, 11) is 1.62. The van der Waals surface area contributed by atoms with Gasteiger partial charge in [0.2, 0.25) is 0 Å². The highest BCUT2D eigenvalue weighted by Gasteiger charge is 2.23. The molecule has 1 N–H and O–H groups in total. The number of carbonyl (C=O) groups excluding carboxylic acids is 1. The highest BCUT2D eigenvalue weighted by atomic mass is 16.5. The van der Waals surface area contributed by atoms with Crippen molar-refractivity contribution in [3.8, 4) is 17.0 Å². The zero-order valence-corrected chi connectivity index (χ0v) is 20.2. The fourth-order valence-electron chi connectivity index (χ4n) is 5.00. The number of rotatable bonds is 6. The van der Waals surface area contributed by atoms with Crippen molar-refractivity contribution in [1.29, 1.82) is 0 Å². The second kappa shape index (κ2) is 9.82. The average Bonchev–Trinajstić information content (AvgIpc) is 3.32. The van der Waals surface area contributed by atoms with Gasteiger partial charge in [-0.2, -0.15) is 0 Å². The average molecular weight is 470 g/mol. The Balaban J connectivity index is 1.59. The molecule has 0 aliphatic heterocycles. The number of aromatic nitrogens is 2. The monoisotopic (exact) mass is 469 g/mol. The maximum absolute atomic E-state index is 13.7. The molecule has 0 unspecified atom stereocenters. The molecule has 180 valence electrons. The van der Waals surface area contributed by atoms with E-state index >= 15 is 0 Å². The van der Waals surface area contributed by atoms with Crippen LogP contribution in [0.1, 0.15) is 48.7 Å². The van der Waals surface area contributed by atoms with Gasteiger partial charge < -0.3 is 14.5 Å². The van der Waals surface area contributed by atoms with Crippen molar-refractivity contribution in [2.45, 2.75) is 45.2 Å². The minimum absolute atomic E-state index is 0.132. The summed E-state index contributed by atoms with van der Waals surface area (Å²) in [5.41, 5.74) is 3.47. The molecule has 1 fully saturated rings. The zero-order valence-electron chi connectivity index (χ0n) is 20.2. The molecule has 2 heterocycles. The van der Waals surface area contributed by atoms with Crippen LogP contribution < -0.4 is 15.6 Å². The van der Waals surface area contributed by atoms with Gasteiger partial charge in [-0.25, -0.2) is 0 Å². The Bertz CT molecular complexity index is 1400. The summed E-state index contributed by atoms with van der Waals surface area (Å²) in [5, 5.41) is 3.21. The number of carbonyl (C=O) groups is 1. The molecule has 5 rings (SSSR count). The van der Waals surface area contributed by atoms with E-state index in [0.717, 1.165) is 42.5 Å². The van der Waals surface area contributed by atoms with Crippen molar-refractivity contribution in [3.63, 3.8) is 0 Å². The van der Waals surface area contributed by atoms with Crippen LogP contribution in [0, 0.1) is 5.92 Å². The molecule has 35 heavy (non-hydrogen) atoms. The third-order valence-electron chi connectivity index (χ3n) is 7.05. The van der Waals surface area contributed by atoms with Crippen molar-refractivity contribution < 1.29 is 9.53 Å². The Morgan fingerprint density at radius 1 is 1.00 bits per heavy atom. The van der Waals surface area contributed by atoms with Gasteiger partial charge in [0.25, 0.3) is 11.5 Å². The van der Waals surface area contributed by atoms with Crippen LogP contribution in [0.3, 0.4) is 0 Å². The van der Waals surface area contributed by atoms with Crippen LogP contribution in [0.15, 0.2) is 77.7 Å². The summed E-state index contributed by atoms with van der Waals surface area (Å²) >= 11 is 0. The molecule has 0 atom stereocenters. The lowest BCUT2D eigenvalue weighted by atomic mass is 9.87. The Kier molecular flexibility index (Phi) is 6.45. The van der Waals surface area contributed by atoms with Gasteiger partial charge in [-0.1, -0.05) is 49.4 Å². The van der Waals surface area contributed by atoms with E-state index in [-0.39, 0.29) is 24.1 Å². The van der Waals surface area contributed by atoms with E-state index in [1.165, 1.54) is 0 Å². The number of benzene rings is 2. The molecule has 4 aromatic rings. The number of nitrogens with zero attached hydrogens (tertiary/aromatic N) is 2. The molecular formula is C29H31N3O3. The highest BCUT2D eigenvalue weighted by Crippen LogP contribution is 2.25. The summed E-state index contributed by atoms with van der Waals surface area (Å²) in [4.78, 5) is 27.3. The highest BCUT2D eigenvalue weighted by molar-refractivity contribution is 5.93. The zero-order chi connectivity index (χ0) is 24.4. The molecule has 2 aromatic carbocycles. The largest absolute Gasteiger partial charge is 0.497 e. The lowest BCUT2D eigenvalue weighted by molar-refractivity contribution is 0.0912.